The van der Waals surface area contributed by atoms with E-state index in [4.69, 9.17) is 4.74 Å². The maximum Gasteiger partial charge on any atom is 0.341 e. The molecule has 6 heteroatoms. The molecular formula is C17H26N2O3S. The number of aryl methyl sites for hydroxylation is 1. The molecule has 128 valence electrons. The lowest BCUT2D eigenvalue weighted by molar-refractivity contribution is -0.115. The van der Waals surface area contributed by atoms with Crippen LogP contribution in [0.25, 0.3) is 0 Å². The van der Waals surface area contributed by atoms with Crippen LogP contribution in [0, 0.1) is 0 Å². The largest absolute Gasteiger partial charge is 0.462 e. The molecule has 0 unspecified atom stereocenters. The van der Waals surface area contributed by atoms with Crippen LogP contribution in [-0.2, 0) is 22.4 Å². The molecule has 1 aromatic heterocycles. The number of carbonyl (C=O) groups is 2. The fraction of sp³-hybridized carbons (Fsp3) is 0.647. The fourth-order valence-electron chi connectivity index (χ4n) is 2.75. The van der Waals surface area contributed by atoms with Crippen LogP contribution in [0.15, 0.2) is 0 Å². The van der Waals surface area contributed by atoms with Gasteiger partial charge in [-0.3, -0.25) is 4.79 Å². The van der Waals surface area contributed by atoms with Crippen molar-refractivity contribution in [1.29, 1.82) is 0 Å². The summed E-state index contributed by atoms with van der Waals surface area (Å²) in [7, 11) is 0. The maximum absolute atomic E-state index is 12.3. The number of amides is 1. The summed E-state index contributed by atoms with van der Waals surface area (Å²) in [6.07, 6.45) is 6.25. The molecular weight excluding hydrogens is 312 g/mol. The zero-order chi connectivity index (χ0) is 16.7. The van der Waals surface area contributed by atoms with Crippen molar-refractivity contribution in [2.24, 2.45) is 0 Å². The Morgan fingerprint density at radius 1 is 1.22 bits per heavy atom. The van der Waals surface area contributed by atoms with E-state index in [0.29, 0.717) is 17.2 Å². The molecule has 5 nitrogen and oxygen atoms in total. The van der Waals surface area contributed by atoms with E-state index >= 15 is 0 Å². The molecule has 0 atom stereocenters. The molecule has 0 bridgehead atoms. The quantitative estimate of drug-likeness (QED) is 0.564. The van der Waals surface area contributed by atoms with Gasteiger partial charge in [-0.25, -0.2) is 4.79 Å². The third-order valence-electron chi connectivity index (χ3n) is 3.90. The predicted octanol–water partition coefficient (Wildman–Crippen LogP) is 3.13. The van der Waals surface area contributed by atoms with Gasteiger partial charge in [0.05, 0.1) is 18.7 Å². The summed E-state index contributed by atoms with van der Waals surface area (Å²) in [4.78, 5) is 25.6. The first-order chi connectivity index (χ1) is 11.2. The molecule has 1 aromatic rings. The highest BCUT2D eigenvalue weighted by atomic mass is 32.1. The number of ether oxygens (including phenoxy) is 1. The summed E-state index contributed by atoms with van der Waals surface area (Å²) < 4.78 is 5.19. The van der Waals surface area contributed by atoms with E-state index in [2.05, 4.69) is 17.6 Å². The van der Waals surface area contributed by atoms with Crippen LogP contribution in [0.1, 0.15) is 60.3 Å². The van der Waals surface area contributed by atoms with Crippen molar-refractivity contribution in [2.75, 3.05) is 25.0 Å². The monoisotopic (exact) mass is 338 g/mol. The van der Waals surface area contributed by atoms with E-state index in [0.717, 1.165) is 50.6 Å². The predicted molar refractivity (Wildman–Crippen MR) is 93.3 cm³/mol. The van der Waals surface area contributed by atoms with Gasteiger partial charge < -0.3 is 15.4 Å². The maximum atomic E-state index is 12.3. The van der Waals surface area contributed by atoms with Gasteiger partial charge in [-0.05, 0) is 51.1 Å². The summed E-state index contributed by atoms with van der Waals surface area (Å²) in [5.74, 6) is -0.425. The Hall–Kier alpha value is -1.40. The summed E-state index contributed by atoms with van der Waals surface area (Å²) in [5, 5.41) is 6.67. The minimum atomic E-state index is -0.318. The summed E-state index contributed by atoms with van der Waals surface area (Å²) in [6.45, 7) is 5.35. The van der Waals surface area contributed by atoms with Crippen molar-refractivity contribution in [3.63, 3.8) is 0 Å². The molecule has 0 aromatic carbocycles. The van der Waals surface area contributed by atoms with E-state index in [1.54, 1.807) is 6.92 Å². The zero-order valence-electron chi connectivity index (χ0n) is 14.0. The molecule has 1 aliphatic rings. The Bertz CT molecular complexity index is 554. The lowest BCUT2D eigenvalue weighted by Gasteiger charge is -2.12. The summed E-state index contributed by atoms with van der Waals surface area (Å²) >= 11 is 1.53. The van der Waals surface area contributed by atoms with Crippen molar-refractivity contribution in [3.05, 3.63) is 16.0 Å². The molecule has 0 fully saturated rings. The number of rotatable bonds is 8. The van der Waals surface area contributed by atoms with Gasteiger partial charge in [0, 0.05) is 4.88 Å². The molecule has 0 saturated heterocycles. The Morgan fingerprint density at radius 2 is 2.00 bits per heavy atom. The zero-order valence-corrected chi connectivity index (χ0v) is 14.8. The smallest absolute Gasteiger partial charge is 0.341 e. The van der Waals surface area contributed by atoms with E-state index in [1.165, 1.54) is 16.2 Å². The number of hydrogen-bond donors (Lipinski definition) is 2. The van der Waals surface area contributed by atoms with Crippen LogP contribution in [0.3, 0.4) is 0 Å². The summed E-state index contributed by atoms with van der Waals surface area (Å²) in [5.41, 5.74) is 1.66. The first-order valence-corrected chi connectivity index (χ1v) is 9.31. The molecule has 0 spiro atoms. The highest BCUT2D eigenvalue weighted by Crippen LogP contribution is 2.38. The van der Waals surface area contributed by atoms with Gasteiger partial charge in [0.25, 0.3) is 0 Å². The molecule has 1 amide bonds. The van der Waals surface area contributed by atoms with Crippen LogP contribution in [0.4, 0.5) is 5.00 Å². The average Bonchev–Trinajstić information content (AvgIpc) is 2.89. The molecule has 1 aliphatic carbocycles. The Balaban J connectivity index is 2.09. The lowest BCUT2D eigenvalue weighted by Crippen LogP contribution is -2.29. The Kier molecular flexibility index (Phi) is 7.05. The van der Waals surface area contributed by atoms with Gasteiger partial charge in [0.1, 0.15) is 5.00 Å². The van der Waals surface area contributed by atoms with Gasteiger partial charge in [0.2, 0.25) is 5.91 Å². The first kappa shape index (κ1) is 17.9. The highest BCUT2D eigenvalue weighted by Gasteiger charge is 2.27. The van der Waals surface area contributed by atoms with Crippen molar-refractivity contribution in [1.82, 2.24) is 5.32 Å². The average molecular weight is 338 g/mol. The van der Waals surface area contributed by atoms with Crippen molar-refractivity contribution in [3.8, 4) is 0 Å². The first-order valence-electron chi connectivity index (χ1n) is 8.49. The van der Waals surface area contributed by atoms with Crippen LogP contribution in [0.2, 0.25) is 0 Å². The van der Waals surface area contributed by atoms with E-state index in [1.807, 2.05) is 0 Å². The standard InChI is InChI=1S/C17H26N2O3S/c1-3-5-10-18-11-14(20)19-16-15(17(21)22-4-2)12-8-6-7-9-13(12)23-16/h18H,3-11H2,1-2H3,(H,19,20). The topological polar surface area (TPSA) is 67.4 Å². The van der Waals surface area contributed by atoms with E-state index < -0.39 is 0 Å². The van der Waals surface area contributed by atoms with Crippen molar-refractivity contribution < 1.29 is 14.3 Å². The van der Waals surface area contributed by atoms with Crippen LogP contribution >= 0.6 is 11.3 Å². The SMILES string of the molecule is CCCCNCC(=O)Nc1sc2c(c1C(=O)OCC)CCCC2. The van der Waals surface area contributed by atoms with Crippen LogP contribution < -0.4 is 10.6 Å². The number of unbranched alkanes of at least 4 members (excludes halogenated alkanes) is 1. The number of nitrogens with one attached hydrogen (secondary N) is 2. The second kappa shape index (κ2) is 9.03. The molecule has 23 heavy (non-hydrogen) atoms. The second-order valence-corrected chi connectivity index (χ2v) is 6.82. The lowest BCUT2D eigenvalue weighted by atomic mass is 9.95. The second-order valence-electron chi connectivity index (χ2n) is 5.71. The van der Waals surface area contributed by atoms with E-state index in [9.17, 15) is 9.59 Å². The fourth-order valence-corrected chi connectivity index (χ4v) is 4.04. The van der Waals surface area contributed by atoms with Crippen LogP contribution in [0.5, 0.6) is 0 Å². The third kappa shape index (κ3) is 4.78. The molecule has 0 aliphatic heterocycles. The minimum absolute atomic E-state index is 0.106. The Morgan fingerprint density at radius 3 is 2.74 bits per heavy atom. The normalized spacial score (nSPS) is 13.5. The molecule has 1 heterocycles. The van der Waals surface area contributed by atoms with Gasteiger partial charge in [0.15, 0.2) is 0 Å². The van der Waals surface area contributed by atoms with Gasteiger partial charge in [-0.15, -0.1) is 11.3 Å². The van der Waals surface area contributed by atoms with E-state index in [-0.39, 0.29) is 18.4 Å². The van der Waals surface area contributed by atoms with Gasteiger partial charge >= 0.3 is 5.97 Å². The molecule has 2 rings (SSSR count). The number of anilines is 1. The number of carbonyl (C=O) groups excluding carboxylic acids is 2. The Labute approximate surface area is 141 Å². The number of thiophene rings is 1. The van der Waals surface area contributed by atoms with Crippen molar-refractivity contribution in [2.45, 2.75) is 52.4 Å². The number of esters is 1. The van der Waals surface area contributed by atoms with Crippen LogP contribution in [-0.4, -0.2) is 31.6 Å². The van der Waals surface area contributed by atoms with Crippen molar-refractivity contribution >= 4 is 28.2 Å². The third-order valence-corrected chi connectivity index (χ3v) is 5.10. The van der Waals surface area contributed by atoms with Gasteiger partial charge in [-0.1, -0.05) is 13.3 Å². The molecule has 0 saturated carbocycles. The van der Waals surface area contributed by atoms with Gasteiger partial charge in [-0.2, -0.15) is 0 Å². The summed E-state index contributed by atoms with van der Waals surface area (Å²) in [6, 6.07) is 0. The highest BCUT2D eigenvalue weighted by molar-refractivity contribution is 7.17. The minimum Gasteiger partial charge on any atom is -0.462 e. The number of hydrogen-bond acceptors (Lipinski definition) is 5. The molecule has 2 N–H and O–H groups in total. The molecule has 0 radical (unpaired) electrons. The number of fused-ring (bicyclic) bond motifs is 1.